The topological polar surface area (TPSA) is 81.3 Å². The fourth-order valence-corrected chi connectivity index (χ4v) is 3.82. The third kappa shape index (κ3) is 3.59. The van der Waals surface area contributed by atoms with Crippen LogP contribution in [0, 0.1) is 5.82 Å². The van der Waals surface area contributed by atoms with Crippen molar-refractivity contribution in [1.29, 1.82) is 0 Å². The molecular formula is C20H15Cl2FN4O2. The van der Waals surface area contributed by atoms with Crippen LogP contribution in [-0.2, 0) is 13.1 Å². The van der Waals surface area contributed by atoms with E-state index in [0.717, 1.165) is 5.56 Å². The zero-order chi connectivity index (χ0) is 20.7. The van der Waals surface area contributed by atoms with Gasteiger partial charge in [-0.2, -0.15) is 0 Å². The molecule has 6 nitrogen and oxygen atoms in total. The van der Waals surface area contributed by atoms with Gasteiger partial charge in [-0.1, -0.05) is 35.3 Å². The summed E-state index contributed by atoms with van der Waals surface area (Å²) >= 11 is 12.5. The maximum Gasteiger partial charge on any atom is 0.273 e. The molecule has 1 aliphatic rings. The van der Waals surface area contributed by atoms with Crippen molar-refractivity contribution in [2.75, 3.05) is 12.8 Å². The number of anilines is 1. The molecule has 1 aromatic heterocycles. The highest BCUT2D eigenvalue weighted by atomic mass is 35.5. The Kier molecular flexibility index (Phi) is 5.02. The molecule has 2 aromatic carbocycles. The third-order valence-electron chi connectivity index (χ3n) is 4.65. The van der Waals surface area contributed by atoms with Crippen molar-refractivity contribution < 1.29 is 13.9 Å². The van der Waals surface area contributed by atoms with E-state index >= 15 is 0 Å². The van der Waals surface area contributed by atoms with Crippen LogP contribution in [0.4, 0.5) is 10.3 Å². The number of amides is 1. The smallest absolute Gasteiger partial charge is 0.273 e. The number of rotatable bonds is 4. The van der Waals surface area contributed by atoms with E-state index in [4.69, 9.17) is 33.7 Å². The number of halogens is 3. The fraction of sp³-hybridized carbons (Fsp3) is 0.150. The lowest BCUT2D eigenvalue weighted by Gasteiger charge is -2.15. The molecule has 0 radical (unpaired) electrons. The fourth-order valence-electron chi connectivity index (χ4n) is 3.27. The third-order valence-corrected chi connectivity index (χ3v) is 5.25. The summed E-state index contributed by atoms with van der Waals surface area (Å²) in [6.07, 6.45) is 0. The van der Waals surface area contributed by atoms with Crippen LogP contribution in [0.5, 0.6) is 5.75 Å². The predicted octanol–water partition coefficient (Wildman–Crippen LogP) is 4.34. The van der Waals surface area contributed by atoms with Crippen LogP contribution in [0.3, 0.4) is 0 Å². The quantitative estimate of drug-likeness (QED) is 0.662. The van der Waals surface area contributed by atoms with E-state index < -0.39 is 0 Å². The lowest BCUT2D eigenvalue weighted by atomic mass is 10.1. The van der Waals surface area contributed by atoms with E-state index in [-0.39, 0.29) is 29.9 Å². The van der Waals surface area contributed by atoms with Crippen LogP contribution in [0.25, 0.3) is 11.3 Å². The van der Waals surface area contributed by atoms with Crippen molar-refractivity contribution in [2.24, 2.45) is 0 Å². The second-order valence-electron chi connectivity index (χ2n) is 6.51. The molecule has 4 rings (SSSR count). The number of nitrogens with zero attached hydrogens (tertiary/aromatic N) is 3. The molecule has 0 spiro atoms. The van der Waals surface area contributed by atoms with Crippen LogP contribution in [0.15, 0.2) is 36.4 Å². The summed E-state index contributed by atoms with van der Waals surface area (Å²) in [7, 11) is 1.49. The van der Waals surface area contributed by atoms with Crippen molar-refractivity contribution in [3.63, 3.8) is 0 Å². The van der Waals surface area contributed by atoms with E-state index in [9.17, 15) is 9.18 Å². The maximum atomic E-state index is 13.2. The van der Waals surface area contributed by atoms with Gasteiger partial charge in [-0.3, -0.25) is 4.79 Å². The minimum atomic E-state index is -0.336. The Bertz CT molecular complexity index is 1120. The molecule has 2 heterocycles. The van der Waals surface area contributed by atoms with Crippen molar-refractivity contribution >= 4 is 35.1 Å². The summed E-state index contributed by atoms with van der Waals surface area (Å²) < 4.78 is 18.4. The molecule has 148 valence electrons. The lowest BCUT2D eigenvalue weighted by Crippen LogP contribution is -2.23. The molecular weight excluding hydrogens is 418 g/mol. The minimum Gasteiger partial charge on any atom is -0.495 e. The van der Waals surface area contributed by atoms with Crippen LogP contribution < -0.4 is 10.5 Å². The van der Waals surface area contributed by atoms with E-state index in [2.05, 4.69) is 9.97 Å². The van der Waals surface area contributed by atoms with Crippen molar-refractivity contribution in [3.8, 4) is 17.0 Å². The Labute approximate surface area is 176 Å². The molecule has 2 N–H and O–H groups in total. The molecule has 3 aromatic rings. The van der Waals surface area contributed by atoms with Crippen LogP contribution in [0.1, 0.15) is 21.6 Å². The molecule has 0 bridgehead atoms. The van der Waals surface area contributed by atoms with Gasteiger partial charge in [0.05, 0.1) is 29.4 Å². The predicted molar refractivity (Wildman–Crippen MR) is 108 cm³/mol. The highest BCUT2D eigenvalue weighted by Crippen LogP contribution is 2.39. The molecule has 1 amide bonds. The average Bonchev–Trinajstić information content (AvgIpc) is 2.99. The van der Waals surface area contributed by atoms with Crippen LogP contribution >= 0.6 is 23.2 Å². The average molecular weight is 433 g/mol. The van der Waals surface area contributed by atoms with Gasteiger partial charge in [0.1, 0.15) is 17.3 Å². The zero-order valence-corrected chi connectivity index (χ0v) is 16.8. The van der Waals surface area contributed by atoms with Crippen molar-refractivity contribution in [3.05, 3.63) is 69.1 Å². The Morgan fingerprint density at radius 2 is 1.83 bits per heavy atom. The number of carbonyl (C=O) groups is 1. The summed E-state index contributed by atoms with van der Waals surface area (Å²) in [5.74, 6) is -0.237. The van der Waals surface area contributed by atoms with Crippen molar-refractivity contribution in [2.45, 2.75) is 13.1 Å². The summed E-state index contributed by atoms with van der Waals surface area (Å²) in [5.41, 5.74) is 8.47. The summed E-state index contributed by atoms with van der Waals surface area (Å²) in [5, 5.41) is 0.703. The Balaban J connectivity index is 1.76. The number of hydrogen-bond acceptors (Lipinski definition) is 5. The van der Waals surface area contributed by atoms with Crippen molar-refractivity contribution in [1.82, 2.24) is 14.9 Å². The first-order valence-corrected chi connectivity index (χ1v) is 9.36. The molecule has 0 atom stereocenters. The highest BCUT2D eigenvalue weighted by molar-refractivity contribution is 6.37. The molecule has 0 saturated heterocycles. The molecule has 0 unspecified atom stereocenters. The van der Waals surface area contributed by atoms with Gasteiger partial charge in [0, 0.05) is 17.7 Å². The zero-order valence-electron chi connectivity index (χ0n) is 15.2. The molecule has 0 aliphatic carbocycles. The summed E-state index contributed by atoms with van der Waals surface area (Å²) in [6.45, 7) is 0.564. The minimum absolute atomic E-state index is 0.0410. The molecule has 1 aliphatic heterocycles. The van der Waals surface area contributed by atoms with Gasteiger partial charge in [0.2, 0.25) is 5.95 Å². The first kappa shape index (κ1) is 19.4. The summed E-state index contributed by atoms with van der Waals surface area (Å²) in [4.78, 5) is 22.9. The number of fused-ring (bicyclic) bond motifs is 1. The molecule has 9 heteroatoms. The SMILES string of the molecule is COc1cc(-c2nc(N)nc3c2CN(Cc2ccc(F)cc2)C3=O)c(Cl)cc1Cl. The van der Waals surface area contributed by atoms with E-state index in [0.29, 0.717) is 39.2 Å². The number of nitrogens with two attached hydrogens (primary N) is 1. The number of methoxy groups -OCH3 is 1. The monoisotopic (exact) mass is 432 g/mol. The second kappa shape index (κ2) is 7.50. The second-order valence-corrected chi connectivity index (χ2v) is 7.33. The Morgan fingerprint density at radius 1 is 1.14 bits per heavy atom. The maximum absolute atomic E-state index is 13.2. The number of nitrogen functional groups attached to an aromatic ring is 1. The molecule has 29 heavy (non-hydrogen) atoms. The number of benzene rings is 2. The van der Waals surface area contributed by atoms with Gasteiger partial charge in [0.15, 0.2) is 0 Å². The van der Waals surface area contributed by atoms with Gasteiger partial charge >= 0.3 is 0 Å². The van der Waals surface area contributed by atoms with E-state index in [1.54, 1.807) is 29.2 Å². The van der Waals surface area contributed by atoms with Gasteiger partial charge in [0.25, 0.3) is 5.91 Å². The standard InChI is InChI=1S/C20H15Cl2FN4O2/c1-29-16-6-12(14(21)7-15(16)22)17-13-9-27(8-10-2-4-11(23)5-3-10)19(28)18(13)26-20(24)25-17/h2-7H,8-9H2,1H3,(H2,24,25,26). The number of carbonyl (C=O) groups excluding carboxylic acids is 1. The first-order valence-electron chi connectivity index (χ1n) is 8.61. The Morgan fingerprint density at radius 3 is 2.52 bits per heavy atom. The van der Waals surface area contributed by atoms with E-state index in [1.807, 2.05) is 0 Å². The van der Waals surface area contributed by atoms with Gasteiger partial charge < -0.3 is 15.4 Å². The van der Waals surface area contributed by atoms with E-state index in [1.165, 1.54) is 19.2 Å². The normalized spacial score (nSPS) is 13.0. The van der Waals surface area contributed by atoms with Gasteiger partial charge in [-0.15, -0.1) is 0 Å². The van der Waals surface area contributed by atoms with Crippen LogP contribution in [0.2, 0.25) is 10.0 Å². The Hall–Kier alpha value is -2.90. The highest BCUT2D eigenvalue weighted by Gasteiger charge is 2.33. The number of ether oxygens (including phenoxy) is 1. The van der Waals surface area contributed by atoms with Crippen LogP contribution in [-0.4, -0.2) is 27.9 Å². The lowest BCUT2D eigenvalue weighted by molar-refractivity contribution is 0.0762. The summed E-state index contributed by atoms with van der Waals surface area (Å²) in [6, 6.07) is 9.17. The molecule has 0 saturated carbocycles. The first-order chi connectivity index (χ1) is 13.9. The largest absolute Gasteiger partial charge is 0.495 e. The van der Waals surface area contributed by atoms with Gasteiger partial charge in [-0.05, 0) is 29.8 Å². The molecule has 0 fully saturated rings. The number of hydrogen-bond donors (Lipinski definition) is 1. The van der Waals surface area contributed by atoms with Gasteiger partial charge in [-0.25, -0.2) is 14.4 Å². The number of aromatic nitrogens is 2.